The Kier molecular flexibility index (Phi) is 5.90. The van der Waals surface area contributed by atoms with Gasteiger partial charge in [-0.25, -0.2) is 0 Å². The number of pyridine rings is 1. The van der Waals surface area contributed by atoms with E-state index in [1.807, 2.05) is 19.9 Å². The minimum Gasteiger partial charge on any atom is -0.350 e. The molecule has 2 amide bonds. The highest BCUT2D eigenvalue weighted by Crippen LogP contribution is 2.09. The Bertz CT molecular complexity index is 880. The van der Waals surface area contributed by atoms with E-state index in [1.54, 1.807) is 24.3 Å². The van der Waals surface area contributed by atoms with Gasteiger partial charge in [0.15, 0.2) is 5.43 Å². The van der Waals surface area contributed by atoms with Crippen LogP contribution in [0.3, 0.4) is 0 Å². The minimum atomic E-state index is -0.782. The first kappa shape index (κ1) is 18.2. The summed E-state index contributed by atoms with van der Waals surface area (Å²) >= 11 is 0. The Balaban J connectivity index is 2.24. The summed E-state index contributed by atoms with van der Waals surface area (Å²) in [5.41, 5.74) is 0.369. The Hall–Kier alpha value is -3.14. The molecule has 0 saturated heterocycles. The molecule has 2 aromatic rings. The molecule has 0 saturated carbocycles. The smallest absolute Gasteiger partial charge is 0.268 e. The van der Waals surface area contributed by atoms with Crippen LogP contribution in [0, 0.1) is 17.2 Å². The number of aromatic nitrogens is 1. The molecule has 0 aliphatic rings. The van der Waals surface area contributed by atoms with Crippen molar-refractivity contribution in [3.63, 3.8) is 0 Å². The summed E-state index contributed by atoms with van der Waals surface area (Å²) in [6.07, 6.45) is 0.417. The molecule has 0 aliphatic carbocycles. The fourth-order valence-corrected chi connectivity index (χ4v) is 2.51. The van der Waals surface area contributed by atoms with Crippen molar-refractivity contribution >= 4 is 22.7 Å². The number of hydrogen-bond acceptors (Lipinski definition) is 4. The predicted octanol–water partition coefficient (Wildman–Crippen LogP) is 1.31. The Morgan fingerprint density at radius 1 is 1.28 bits per heavy atom. The maximum Gasteiger partial charge on any atom is 0.268 e. The maximum atomic E-state index is 12.5. The highest BCUT2D eigenvalue weighted by molar-refractivity contribution is 5.97. The lowest BCUT2D eigenvalue weighted by molar-refractivity contribution is -0.123. The number of nitrogens with one attached hydrogen (secondary N) is 3. The van der Waals surface area contributed by atoms with Gasteiger partial charge in [-0.05, 0) is 24.5 Å². The zero-order valence-corrected chi connectivity index (χ0v) is 14.1. The molecule has 0 fully saturated rings. The van der Waals surface area contributed by atoms with Crippen LogP contribution < -0.4 is 16.1 Å². The third kappa shape index (κ3) is 4.67. The molecule has 1 atom stereocenters. The molecular weight excluding hydrogens is 320 g/mol. The average molecular weight is 340 g/mol. The van der Waals surface area contributed by atoms with Gasteiger partial charge in [0.05, 0.1) is 6.07 Å². The summed E-state index contributed by atoms with van der Waals surface area (Å²) in [6.45, 7) is 3.72. The number of rotatable bonds is 6. The van der Waals surface area contributed by atoms with Crippen molar-refractivity contribution in [2.75, 3.05) is 6.54 Å². The van der Waals surface area contributed by atoms with Crippen molar-refractivity contribution in [1.82, 2.24) is 15.6 Å². The summed E-state index contributed by atoms with van der Waals surface area (Å²) in [5, 5.41) is 14.2. The van der Waals surface area contributed by atoms with Gasteiger partial charge in [-0.15, -0.1) is 0 Å². The van der Waals surface area contributed by atoms with E-state index in [0.717, 1.165) is 0 Å². The van der Waals surface area contributed by atoms with Crippen molar-refractivity contribution in [2.45, 2.75) is 26.3 Å². The summed E-state index contributed by atoms with van der Waals surface area (Å²) in [6, 6.07) is 9.15. The first-order valence-corrected chi connectivity index (χ1v) is 8.00. The fourth-order valence-electron chi connectivity index (χ4n) is 2.51. The minimum absolute atomic E-state index is 0.0885. The molecule has 3 N–H and O–H groups in total. The normalized spacial score (nSPS) is 11.8. The topological polar surface area (TPSA) is 115 Å². The number of carbonyl (C=O) groups is 2. The van der Waals surface area contributed by atoms with E-state index in [1.165, 1.54) is 6.07 Å². The van der Waals surface area contributed by atoms with Gasteiger partial charge in [-0.3, -0.25) is 14.4 Å². The highest BCUT2D eigenvalue weighted by atomic mass is 16.2. The fraction of sp³-hybridized carbons (Fsp3) is 0.333. The van der Waals surface area contributed by atoms with Crippen molar-refractivity contribution in [1.29, 1.82) is 5.26 Å². The number of amides is 2. The SMILES string of the molecule is CC(C)C[C@@H](NC(=O)c1cc(=O)c2ccccc2[nH]1)C(=O)NCC#N. The van der Waals surface area contributed by atoms with E-state index in [2.05, 4.69) is 15.6 Å². The molecule has 0 radical (unpaired) electrons. The van der Waals surface area contributed by atoms with Crippen molar-refractivity contribution in [2.24, 2.45) is 5.92 Å². The van der Waals surface area contributed by atoms with E-state index in [-0.39, 0.29) is 23.6 Å². The van der Waals surface area contributed by atoms with Gasteiger partial charge in [-0.1, -0.05) is 26.0 Å². The quantitative estimate of drug-likeness (QED) is 0.688. The lowest BCUT2D eigenvalue weighted by atomic mass is 10.0. The number of fused-ring (bicyclic) bond motifs is 1. The monoisotopic (exact) mass is 340 g/mol. The van der Waals surface area contributed by atoms with Gasteiger partial charge in [0.25, 0.3) is 5.91 Å². The van der Waals surface area contributed by atoms with Gasteiger partial charge >= 0.3 is 0 Å². The van der Waals surface area contributed by atoms with Crippen LogP contribution in [0.25, 0.3) is 10.9 Å². The summed E-state index contributed by atoms with van der Waals surface area (Å²) in [4.78, 5) is 39.7. The summed E-state index contributed by atoms with van der Waals surface area (Å²) < 4.78 is 0. The molecule has 2 rings (SSSR count). The molecule has 0 bridgehead atoms. The van der Waals surface area contributed by atoms with Crippen LogP contribution in [0.1, 0.15) is 30.8 Å². The lowest BCUT2D eigenvalue weighted by Gasteiger charge is -2.19. The molecule has 7 heteroatoms. The third-order valence-electron chi connectivity index (χ3n) is 3.65. The van der Waals surface area contributed by atoms with Crippen LogP contribution in [0.2, 0.25) is 0 Å². The van der Waals surface area contributed by atoms with Crippen LogP contribution in [0.5, 0.6) is 0 Å². The zero-order chi connectivity index (χ0) is 18.4. The molecular formula is C18H20N4O3. The number of hydrogen-bond donors (Lipinski definition) is 3. The van der Waals surface area contributed by atoms with E-state index in [0.29, 0.717) is 17.3 Å². The number of para-hydroxylation sites is 1. The second-order valence-corrected chi connectivity index (χ2v) is 6.12. The van der Waals surface area contributed by atoms with Crippen molar-refractivity contribution < 1.29 is 9.59 Å². The molecule has 130 valence electrons. The number of H-pyrrole nitrogens is 1. The van der Waals surface area contributed by atoms with E-state index in [4.69, 9.17) is 5.26 Å². The molecule has 7 nitrogen and oxygen atoms in total. The van der Waals surface area contributed by atoms with E-state index in [9.17, 15) is 14.4 Å². The number of aromatic amines is 1. The molecule has 1 aromatic carbocycles. The van der Waals surface area contributed by atoms with Gasteiger partial charge in [0, 0.05) is 17.0 Å². The zero-order valence-electron chi connectivity index (χ0n) is 14.1. The second kappa shape index (κ2) is 8.11. The first-order valence-electron chi connectivity index (χ1n) is 8.00. The first-order chi connectivity index (χ1) is 11.9. The predicted molar refractivity (Wildman–Crippen MR) is 93.9 cm³/mol. The van der Waals surface area contributed by atoms with Gasteiger partial charge < -0.3 is 15.6 Å². The summed E-state index contributed by atoms with van der Waals surface area (Å²) in [5.74, 6) is -0.805. The second-order valence-electron chi connectivity index (χ2n) is 6.12. The van der Waals surface area contributed by atoms with Gasteiger partial charge in [-0.2, -0.15) is 5.26 Å². The molecule has 0 aliphatic heterocycles. The number of nitriles is 1. The van der Waals surface area contributed by atoms with E-state index < -0.39 is 17.9 Å². The largest absolute Gasteiger partial charge is 0.350 e. The number of benzene rings is 1. The Morgan fingerprint density at radius 3 is 2.68 bits per heavy atom. The number of nitrogens with zero attached hydrogens (tertiary/aromatic N) is 1. The molecule has 0 spiro atoms. The molecule has 1 heterocycles. The standard InChI is InChI=1S/C18H20N4O3/c1-11(2)9-14(17(24)20-8-7-19)22-18(25)15-10-16(23)12-5-3-4-6-13(12)21-15/h3-6,10-11,14H,8-9H2,1-2H3,(H,20,24)(H,21,23)(H,22,25)/t14-/m1/s1. The van der Waals surface area contributed by atoms with Crippen LogP contribution in [0.15, 0.2) is 35.1 Å². The van der Waals surface area contributed by atoms with Crippen LogP contribution in [-0.4, -0.2) is 29.4 Å². The maximum absolute atomic E-state index is 12.5. The van der Waals surface area contributed by atoms with Crippen LogP contribution >= 0.6 is 0 Å². The van der Waals surface area contributed by atoms with E-state index >= 15 is 0 Å². The number of carbonyl (C=O) groups excluding carboxylic acids is 2. The average Bonchev–Trinajstić information content (AvgIpc) is 2.58. The van der Waals surface area contributed by atoms with Gasteiger partial charge in [0.1, 0.15) is 18.3 Å². The molecule has 0 unspecified atom stereocenters. The molecule has 1 aromatic heterocycles. The summed E-state index contributed by atoms with van der Waals surface area (Å²) in [7, 11) is 0. The highest BCUT2D eigenvalue weighted by Gasteiger charge is 2.23. The van der Waals surface area contributed by atoms with Crippen molar-refractivity contribution in [3.05, 3.63) is 46.2 Å². The van der Waals surface area contributed by atoms with Crippen molar-refractivity contribution in [3.8, 4) is 6.07 Å². The Labute approximate surface area is 145 Å². The van der Waals surface area contributed by atoms with Crippen LogP contribution in [0.4, 0.5) is 0 Å². The lowest BCUT2D eigenvalue weighted by Crippen LogP contribution is -2.47. The van der Waals surface area contributed by atoms with Gasteiger partial charge in [0.2, 0.25) is 5.91 Å². The Morgan fingerprint density at radius 2 is 2.00 bits per heavy atom. The third-order valence-corrected chi connectivity index (χ3v) is 3.65. The molecule has 25 heavy (non-hydrogen) atoms. The van der Waals surface area contributed by atoms with Crippen LogP contribution in [-0.2, 0) is 4.79 Å².